The maximum absolute atomic E-state index is 12.0. The third kappa shape index (κ3) is 4.18. The average molecular weight is 356 g/mol. The first-order valence-corrected chi connectivity index (χ1v) is 7.08. The molecule has 0 radical (unpaired) electrons. The summed E-state index contributed by atoms with van der Waals surface area (Å²) >= 11 is 9.29. The summed E-state index contributed by atoms with van der Waals surface area (Å²) in [5.74, 6) is 0.314. The molecule has 20 heavy (non-hydrogen) atoms. The summed E-state index contributed by atoms with van der Waals surface area (Å²) in [5.41, 5.74) is 0.442. The van der Waals surface area contributed by atoms with Gasteiger partial charge >= 0.3 is 0 Å². The lowest BCUT2D eigenvalue weighted by molar-refractivity contribution is 0.0955. The number of carbonyl (C=O) groups excluding carboxylic acids is 1. The van der Waals surface area contributed by atoms with E-state index in [0.29, 0.717) is 29.6 Å². The summed E-state index contributed by atoms with van der Waals surface area (Å²) in [6.45, 7) is 0.974. The van der Waals surface area contributed by atoms with Gasteiger partial charge in [-0.25, -0.2) is 9.97 Å². The lowest BCUT2D eigenvalue weighted by Gasteiger charge is -2.08. The van der Waals surface area contributed by atoms with E-state index < -0.39 is 0 Å². The highest BCUT2D eigenvalue weighted by Crippen LogP contribution is 2.20. The average Bonchev–Trinajstić information content (AvgIpc) is 2.47. The number of halogens is 2. The molecule has 0 aliphatic carbocycles. The molecule has 1 aromatic heterocycles. The second kappa shape index (κ2) is 7.21. The van der Waals surface area contributed by atoms with Gasteiger partial charge in [-0.1, -0.05) is 27.5 Å². The molecule has 0 aliphatic rings. The van der Waals surface area contributed by atoms with Crippen molar-refractivity contribution >= 4 is 39.4 Å². The molecule has 0 atom stereocenters. The second-order valence-corrected chi connectivity index (χ2v) is 5.20. The van der Waals surface area contributed by atoms with E-state index >= 15 is 0 Å². The smallest absolute Gasteiger partial charge is 0.252 e. The topological polar surface area (TPSA) is 66.9 Å². The Bertz CT molecular complexity index is 594. The molecule has 0 fully saturated rings. The van der Waals surface area contributed by atoms with Gasteiger partial charge in [0.2, 0.25) is 5.95 Å². The number of hydrogen-bond donors (Lipinski definition) is 2. The summed E-state index contributed by atoms with van der Waals surface area (Å²) in [7, 11) is 0. The van der Waals surface area contributed by atoms with Gasteiger partial charge in [0.15, 0.2) is 0 Å². The Balaban J connectivity index is 1.82. The van der Waals surface area contributed by atoms with Gasteiger partial charge in [0.25, 0.3) is 5.91 Å². The summed E-state index contributed by atoms with van der Waals surface area (Å²) in [6, 6.07) is 6.89. The first-order valence-electron chi connectivity index (χ1n) is 5.91. The Hall–Kier alpha value is -1.66. The zero-order valence-corrected chi connectivity index (χ0v) is 12.8. The van der Waals surface area contributed by atoms with Gasteiger partial charge < -0.3 is 10.6 Å². The molecule has 1 aromatic carbocycles. The van der Waals surface area contributed by atoms with Crippen LogP contribution in [0, 0.1) is 0 Å². The Labute approximate surface area is 129 Å². The van der Waals surface area contributed by atoms with E-state index in [1.807, 2.05) is 0 Å². The molecule has 5 nitrogen and oxygen atoms in total. The van der Waals surface area contributed by atoms with Crippen molar-refractivity contribution in [2.24, 2.45) is 0 Å². The molecule has 0 saturated carbocycles. The van der Waals surface area contributed by atoms with Crippen molar-refractivity contribution in [3.05, 3.63) is 51.7 Å². The van der Waals surface area contributed by atoms with E-state index in [2.05, 4.69) is 36.5 Å². The summed E-state index contributed by atoms with van der Waals surface area (Å²) in [6.07, 6.45) is 3.30. The highest BCUT2D eigenvalue weighted by molar-refractivity contribution is 9.10. The molecule has 0 unspecified atom stereocenters. The maximum Gasteiger partial charge on any atom is 0.252 e. The molecule has 0 bridgehead atoms. The van der Waals surface area contributed by atoms with Crippen LogP contribution in [0.15, 0.2) is 41.1 Å². The number of nitrogens with one attached hydrogen (secondary N) is 2. The standard InChI is InChI=1S/C13H12BrClN4O/c14-9-2-3-11(15)10(8-9)12(20)16-6-7-19-13-17-4-1-5-18-13/h1-5,8H,6-7H2,(H,16,20)(H,17,18,19). The van der Waals surface area contributed by atoms with Gasteiger partial charge in [-0.05, 0) is 24.3 Å². The van der Waals surface area contributed by atoms with E-state index in [9.17, 15) is 4.79 Å². The van der Waals surface area contributed by atoms with Crippen LogP contribution in [0.4, 0.5) is 5.95 Å². The lowest BCUT2D eigenvalue weighted by atomic mass is 10.2. The molecule has 0 spiro atoms. The number of hydrogen-bond acceptors (Lipinski definition) is 4. The molecule has 104 valence electrons. The number of benzene rings is 1. The number of aromatic nitrogens is 2. The molecular formula is C13H12BrClN4O. The minimum absolute atomic E-state index is 0.216. The highest BCUT2D eigenvalue weighted by atomic mass is 79.9. The van der Waals surface area contributed by atoms with E-state index in [1.54, 1.807) is 36.7 Å². The second-order valence-electron chi connectivity index (χ2n) is 3.88. The summed E-state index contributed by atoms with van der Waals surface area (Å²) in [5, 5.41) is 6.19. The largest absolute Gasteiger partial charge is 0.352 e. The van der Waals surface area contributed by atoms with Gasteiger partial charge in [0.1, 0.15) is 0 Å². The number of amides is 1. The number of rotatable bonds is 5. The van der Waals surface area contributed by atoms with Crippen molar-refractivity contribution in [2.75, 3.05) is 18.4 Å². The van der Waals surface area contributed by atoms with Gasteiger partial charge in [0, 0.05) is 30.0 Å². The third-order valence-electron chi connectivity index (χ3n) is 2.43. The van der Waals surface area contributed by atoms with Crippen LogP contribution in [-0.4, -0.2) is 29.0 Å². The van der Waals surface area contributed by atoms with Crippen molar-refractivity contribution in [3.63, 3.8) is 0 Å². The van der Waals surface area contributed by atoms with Gasteiger partial charge in [-0.15, -0.1) is 0 Å². The molecule has 2 rings (SSSR count). The zero-order chi connectivity index (χ0) is 14.4. The maximum atomic E-state index is 12.0. The molecule has 2 aromatic rings. The van der Waals surface area contributed by atoms with Gasteiger partial charge in [0.05, 0.1) is 10.6 Å². The van der Waals surface area contributed by atoms with Crippen LogP contribution < -0.4 is 10.6 Å². The fraction of sp³-hybridized carbons (Fsp3) is 0.154. The fourth-order valence-electron chi connectivity index (χ4n) is 1.51. The monoisotopic (exact) mass is 354 g/mol. The molecule has 1 heterocycles. The van der Waals surface area contributed by atoms with Crippen LogP contribution in [0.2, 0.25) is 5.02 Å². The molecular weight excluding hydrogens is 344 g/mol. The van der Waals surface area contributed by atoms with Crippen molar-refractivity contribution in [2.45, 2.75) is 0 Å². The van der Waals surface area contributed by atoms with Gasteiger partial charge in [-0.2, -0.15) is 0 Å². The summed E-state index contributed by atoms with van der Waals surface area (Å²) < 4.78 is 0.808. The van der Waals surface area contributed by atoms with Crippen molar-refractivity contribution in [3.8, 4) is 0 Å². The zero-order valence-electron chi connectivity index (χ0n) is 10.4. The van der Waals surface area contributed by atoms with E-state index in [1.165, 1.54) is 0 Å². The van der Waals surface area contributed by atoms with Crippen LogP contribution in [0.3, 0.4) is 0 Å². The Morgan fingerprint density at radius 1 is 1.25 bits per heavy atom. The Morgan fingerprint density at radius 2 is 2.00 bits per heavy atom. The summed E-state index contributed by atoms with van der Waals surface area (Å²) in [4.78, 5) is 20.0. The number of anilines is 1. The molecule has 0 saturated heterocycles. The predicted molar refractivity (Wildman–Crippen MR) is 82.0 cm³/mol. The SMILES string of the molecule is O=C(NCCNc1ncccn1)c1cc(Br)ccc1Cl. The van der Waals surface area contributed by atoms with Crippen LogP contribution in [0.1, 0.15) is 10.4 Å². The van der Waals surface area contributed by atoms with E-state index in [0.717, 1.165) is 4.47 Å². The minimum atomic E-state index is -0.216. The minimum Gasteiger partial charge on any atom is -0.352 e. The quantitative estimate of drug-likeness (QED) is 0.809. The predicted octanol–water partition coefficient (Wildman–Crippen LogP) is 2.73. The van der Waals surface area contributed by atoms with Crippen molar-refractivity contribution < 1.29 is 4.79 Å². The van der Waals surface area contributed by atoms with Crippen molar-refractivity contribution in [1.29, 1.82) is 0 Å². The highest BCUT2D eigenvalue weighted by Gasteiger charge is 2.10. The third-order valence-corrected chi connectivity index (χ3v) is 3.26. The normalized spacial score (nSPS) is 10.1. The lowest BCUT2D eigenvalue weighted by Crippen LogP contribution is -2.29. The molecule has 0 aliphatic heterocycles. The van der Waals surface area contributed by atoms with Crippen LogP contribution in [-0.2, 0) is 0 Å². The first kappa shape index (κ1) is 14.7. The molecule has 2 N–H and O–H groups in total. The molecule has 7 heteroatoms. The Kier molecular flexibility index (Phi) is 5.31. The fourth-order valence-corrected chi connectivity index (χ4v) is 2.07. The Morgan fingerprint density at radius 3 is 2.75 bits per heavy atom. The first-order chi connectivity index (χ1) is 9.66. The van der Waals surface area contributed by atoms with Crippen LogP contribution in [0.25, 0.3) is 0 Å². The number of carbonyl (C=O) groups is 1. The van der Waals surface area contributed by atoms with Crippen molar-refractivity contribution in [1.82, 2.24) is 15.3 Å². The van der Waals surface area contributed by atoms with E-state index in [-0.39, 0.29) is 5.91 Å². The van der Waals surface area contributed by atoms with E-state index in [4.69, 9.17) is 11.6 Å². The van der Waals surface area contributed by atoms with Crippen LogP contribution in [0.5, 0.6) is 0 Å². The van der Waals surface area contributed by atoms with Gasteiger partial charge in [-0.3, -0.25) is 4.79 Å². The van der Waals surface area contributed by atoms with Crippen LogP contribution >= 0.6 is 27.5 Å². The number of nitrogens with zero attached hydrogens (tertiary/aromatic N) is 2. The molecule has 1 amide bonds.